The van der Waals surface area contributed by atoms with Crippen molar-refractivity contribution < 1.29 is 14.7 Å². The second-order valence-electron chi connectivity index (χ2n) is 3.76. The first-order chi connectivity index (χ1) is 9.90. The first-order valence-electron chi connectivity index (χ1n) is 5.40. The molecule has 6 nitrogen and oxygen atoms in total. The number of nitrogens with one attached hydrogen (secondary N) is 1. The van der Waals surface area contributed by atoms with E-state index in [0.29, 0.717) is 0 Å². The molecular formula is C12H6Cl3N3O3. The third kappa shape index (κ3) is 3.41. The topological polar surface area (TPSA) is 92.2 Å². The lowest BCUT2D eigenvalue weighted by Gasteiger charge is -2.11. The summed E-state index contributed by atoms with van der Waals surface area (Å²) >= 11 is 17.3. The number of aromatic nitrogens is 2. The summed E-state index contributed by atoms with van der Waals surface area (Å²) in [5, 5.41) is 11.6. The standard InChI is InChI=1S/C12H6Cl3N3O3/c13-5-1-2-6(14)10(9(5)12(20)21)18-11(19)7-3-17-8(15)4-16-7/h1-4H,(H,18,19)(H,20,21). The smallest absolute Gasteiger partial charge is 0.339 e. The summed E-state index contributed by atoms with van der Waals surface area (Å²) in [6.45, 7) is 0. The van der Waals surface area contributed by atoms with Crippen molar-refractivity contribution >= 4 is 52.4 Å². The Labute approximate surface area is 133 Å². The van der Waals surface area contributed by atoms with Crippen LogP contribution in [0.1, 0.15) is 20.8 Å². The molecule has 1 aromatic heterocycles. The summed E-state index contributed by atoms with van der Waals surface area (Å²) in [6.07, 6.45) is 2.34. The molecule has 9 heteroatoms. The molecule has 2 N–H and O–H groups in total. The Balaban J connectivity index is 2.39. The molecule has 2 aromatic rings. The summed E-state index contributed by atoms with van der Waals surface area (Å²) in [7, 11) is 0. The Kier molecular flexibility index (Phi) is 4.62. The van der Waals surface area contributed by atoms with Crippen LogP contribution in [-0.2, 0) is 0 Å². The number of carbonyl (C=O) groups excluding carboxylic acids is 1. The van der Waals surface area contributed by atoms with Crippen LogP contribution in [0.2, 0.25) is 15.2 Å². The number of aromatic carboxylic acids is 1. The molecule has 0 spiro atoms. The predicted molar refractivity (Wildman–Crippen MR) is 78.4 cm³/mol. The number of nitrogens with zero attached hydrogens (tertiary/aromatic N) is 2. The van der Waals surface area contributed by atoms with E-state index in [1.54, 1.807) is 0 Å². The molecule has 0 atom stereocenters. The lowest BCUT2D eigenvalue weighted by Crippen LogP contribution is -2.17. The molecule has 1 aromatic carbocycles. The zero-order valence-electron chi connectivity index (χ0n) is 10.1. The van der Waals surface area contributed by atoms with E-state index in [2.05, 4.69) is 15.3 Å². The number of benzene rings is 1. The van der Waals surface area contributed by atoms with Crippen molar-refractivity contribution in [2.24, 2.45) is 0 Å². The zero-order chi connectivity index (χ0) is 15.6. The van der Waals surface area contributed by atoms with Crippen molar-refractivity contribution in [1.29, 1.82) is 0 Å². The van der Waals surface area contributed by atoms with Gasteiger partial charge in [-0.05, 0) is 12.1 Å². The minimum absolute atomic E-state index is 0.0343. The van der Waals surface area contributed by atoms with E-state index in [4.69, 9.17) is 39.9 Å². The van der Waals surface area contributed by atoms with Crippen LogP contribution in [0.3, 0.4) is 0 Å². The Morgan fingerprint density at radius 1 is 1.05 bits per heavy atom. The van der Waals surface area contributed by atoms with Crippen LogP contribution in [0.15, 0.2) is 24.5 Å². The van der Waals surface area contributed by atoms with Gasteiger partial charge in [-0.25, -0.2) is 14.8 Å². The van der Waals surface area contributed by atoms with Crippen LogP contribution < -0.4 is 5.32 Å². The van der Waals surface area contributed by atoms with Crippen molar-refractivity contribution in [3.05, 3.63) is 51.0 Å². The van der Waals surface area contributed by atoms with E-state index < -0.39 is 11.9 Å². The van der Waals surface area contributed by atoms with Gasteiger partial charge in [-0.1, -0.05) is 34.8 Å². The van der Waals surface area contributed by atoms with Crippen LogP contribution in [0.5, 0.6) is 0 Å². The number of halogens is 3. The van der Waals surface area contributed by atoms with Gasteiger partial charge < -0.3 is 10.4 Å². The van der Waals surface area contributed by atoms with Gasteiger partial charge in [-0.2, -0.15) is 0 Å². The molecule has 0 bridgehead atoms. The molecule has 108 valence electrons. The van der Waals surface area contributed by atoms with Gasteiger partial charge in [0.1, 0.15) is 16.4 Å². The second kappa shape index (κ2) is 6.26. The van der Waals surface area contributed by atoms with Crippen molar-refractivity contribution in [3.8, 4) is 0 Å². The van der Waals surface area contributed by atoms with Crippen molar-refractivity contribution in [3.63, 3.8) is 0 Å². The van der Waals surface area contributed by atoms with Gasteiger partial charge in [0.15, 0.2) is 0 Å². The quantitative estimate of drug-likeness (QED) is 0.888. The van der Waals surface area contributed by atoms with E-state index >= 15 is 0 Å². The summed E-state index contributed by atoms with van der Waals surface area (Å²) in [6, 6.07) is 2.70. The molecule has 21 heavy (non-hydrogen) atoms. The van der Waals surface area contributed by atoms with Gasteiger partial charge in [-0.3, -0.25) is 4.79 Å². The maximum Gasteiger partial charge on any atom is 0.339 e. The Hall–Kier alpha value is -1.89. The molecule has 0 aliphatic heterocycles. The number of hydrogen-bond donors (Lipinski definition) is 2. The number of hydrogen-bond acceptors (Lipinski definition) is 4. The van der Waals surface area contributed by atoms with Gasteiger partial charge in [0.25, 0.3) is 5.91 Å². The van der Waals surface area contributed by atoms with Crippen LogP contribution in [-0.4, -0.2) is 27.0 Å². The number of carboxylic acids is 1. The maximum atomic E-state index is 12.0. The van der Waals surface area contributed by atoms with Crippen LogP contribution >= 0.6 is 34.8 Å². The average molecular weight is 347 g/mol. The van der Waals surface area contributed by atoms with Crippen LogP contribution in [0.25, 0.3) is 0 Å². The summed E-state index contributed by atoms with van der Waals surface area (Å²) in [5.74, 6) is -2.01. The van der Waals surface area contributed by atoms with Gasteiger partial charge in [0.05, 0.1) is 28.1 Å². The fourth-order valence-electron chi connectivity index (χ4n) is 1.49. The Morgan fingerprint density at radius 2 is 1.71 bits per heavy atom. The maximum absolute atomic E-state index is 12.0. The van der Waals surface area contributed by atoms with E-state index in [-0.39, 0.29) is 32.1 Å². The largest absolute Gasteiger partial charge is 0.478 e. The first-order valence-corrected chi connectivity index (χ1v) is 6.53. The number of anilines is 1. The highest BCUT2D eigenvalue weighted by Crippen LogP contribution is 2.32. The van der Waals surface area contributed by atoms with Crippen LogP contribution in [0.4, 0.5) is 5.69 Å². The first kappa shape index (κ1) is 15.5. The molecule has 0 saturated carbocycles. The zero-order valence-corrected chi connectivity index (χ0v) is 12.4. The Bertz CT molecular complexity index is 720. The minimum Gasteiger partial charge on any atom is -0.478 e. The second-order valence-corrected chi connectivity index (χ2v) is 4.96. The molecule has 0 aliphatic rings. The SMILES string of the molecule is O=C(Nc1c(Cl)ccc(Cl)c1C(=O)O)c1cnc(Cl)cn1. The van der Waals surface area contributed by atoms with Crippen molar-refractivity contribution in [1.82, 2.24) is 9.97 Å². The normalized spacial score (nSPS) is 10.2. The lowest BCUT2D eigenvalue weighted by molar-refractivity contribution is 0.0698. The molecule has 1 heterocycles. The highest BCUT2D eigenvalue weighted by Gasteiger charge is 2.20. The Morgan fingerprint density at radius 3 is 2.29 bits per heavy atom. The molecular weight excluding hydrogens is 341 g/mol. The van der Waals surface area contributed by atoms with Gasteiger partial charge in [0.2, 0.25) is 0 Å². The summed E-state index contributed by atoms with van der Waals surface area (Å²) in [4.78, 5) is 30.7. The molecule has 0 radical (unpaired) electrons. The molecule has 0 fully saturated rings. The van der Waals surface area contributed by atoms with Gasteiger partial charge in [0, 0.05) is 0 Å². The van der Waals surface area contributed by atoms with E-state index in [1.807, 2.05) is 0 Å². The van der Waals surface area contributed by atoms with Crippen molar-refractivity contribution in [2.45, 2.75) is 0 Å². The van der Waals surface area contributed by atoms with E-state index in [9.17, 15) is 9.59 Å². The number of amides is 1. The summed E-state index contributed by atoms with van der Waals surface area (Å²) < 4.78 is 0. The van der Waals surface area contributed by atoms with Crippen LogP contribution in [0, 0.1) is 0 Å². The highest BCUT2D eigenvalue weighted by atomic mass is 35.5. The summed E-state index contributed by atoms with van der Waals surface area (Å²) in [5.41, 5.74) is -0.468. The fourth-order valence-corrected chi connectivity index (χ4v) is 2.03. The third-order valence-corrected chi connectivity index (χ3v) is 3.23. The van der Waals surface area contributed by atoms with Gasteiger partial charge >= 0.3 is 5.97 Å². The van der Waals surface area contributed by atoms with Crippen molar-refractivity contribution in [2.75, 3.05) is 5.32 Å². The van der Waals surface area contributed by atoms with E-state index in [0.717, 1.165) is 6.20 Å². The minimum atomic E-state index is -1.32. The predicted octanol–water partition coefficient (Wildman–Crippen LogP) is 3.39. The van der Waals surface area contributed by atoms with Gasteiger partial charge in [-0.15, -0.1) is 0 Å². The molecule has 0 aliphatic carbocycles. The number of carboxylic acid groups (broad SMARTS) is 1. The lowest BCUT2D eigenvalue weighted by atomic mass is 10.1. The molecule has 0 unspecified atom stereocenters. The average Bonchev–Trinajstić information content (AvgIpc) is 2.43. The highest BCUT2D eigenvalue weighted by molar-refractivity contribution is 6.38. The molecule has 1 amide bonds. The molecule has 2 rings (SSSR count). The third-order valence-electron chi connectivity index (χ3n) is 2.41. The van der Waals surface area contributed by atoms with E-state index in [1.165, 1.54) is 18.3 Å². The number of carbonyl (C=O) groups is 2. The number of rotatable bonds is 3. The molecule has 0 saturated heterocycles. The fraction of sp³-hybridized carbons (Fsp3) is 0. The monoisotopic (exact) mass is 345 g/mol.